The smallest absolute Gasteiger partial charge is 0.421 e. The molecule has 0 heterocycles. The monoisotopic (exact) mass is 1060 g/mol. The second-order valence-electron chi connectivity index (χ2n) is 21.4. The van der Waals surface area contributed by atoms with Gasteiger partial charge in [-0.05, 0) is 119 Å². The molecule has 3 aliphatic carbocycles. The number of guanidine groups is 3. The van der Waals surface area contributed by atoms with Crippen LogP contribution in [0.15, 0.2) is 106 Å². The summed E-state index contributed by atoms with van der Waals surface area (Å²) in [5.74, 6) is 2.97. The molecule has 0 unspecified atom stereocenters. The normalized spacial score (nSPS) is 16.2. The molecule has 0 aliphatic heterocycles. The van der Waals surface area contributed by atoms with Crippen molar-refractivity contribution >= 4 is 17.9 Å². The molecule has 0 bridgehead atoms. The third-order valence-electron chi connectivity index (χ3n) is 13.5. The molecule has 0 spiro atoms. The predicted octanol–water partition coefficient (Wildman–Crippen LogP) is 16.2. The maximum Gasteiger partial charge on any atom is 2.00 e. The van der Waals surface area contributed by atoms with E-state index in [1.165, 1.54) is 113 Å². The fourth-order valence-corrected chi connectivity index (χ4v) is 10.2. The second-order valence-corrected chi connectivity index (χ2v) is 21.4. The van der Waals surface area contributed by atoms with E-state index in [2.05, 4.69) is 194 Å². The topological polar surface area (TPSA) is 87.0 Å². The van der Waals surface area contributed by atoms with E-state index in [9.17, 15) is 0 Å². The number of nitrogens with one attached hydrogen (secondary N) is 1. The Hall–Kier alpha value is -3.65. The van der Waals surface area contributed by atoms with Gasteiger partial charge in [0.1, 0.15) is 0 Å². The van der Waals surface area contributed by atoms with E-state index >= 15 is 0 Å². The van der Waals surface area contributed by atoms with Crippen molar-refractivity contribution in [3.05, 3.63) is 133 Å². The summed E-state index contributed by atoms with van der Waals surface area (Å²) < 4.78 is 0. The van der Waals surface area contributed by atoms with Gasteiger partial charge in [0.05, 0.1) is 6.54 Å². The molecule has 9 nitrogen and oxygen atoms in total. The van der Waals surface area contributed by atoms with E-state index in [4.69, 9.17) is 25.6 Å². The van der Waals surface area contributed by atoms with Crippen LogP contribution in [-0.4, -0.2) is 87.0 Å². The number of benzene rings is 3. The maximum atomic E-state index is 5.07. The van der Waals surface area contributed by atoms with E-state index in [1.807, 2.05) is 0 Å². The Balaban J connectivity index is 0.000000529. The molecule has 0 amide bonds. The van der Waals surface area contributed by atoms with Gasteiger partial charge >= 0.3 is 26.2 Å². The molecule has 0 aromatic heterocycles. The average molecular weight is 1070 g/mol. The zero-order chi connectivity index (χ0) is 50.0. The van der Waals surface area contributed by atoms with Crippen LogP contribution in [0, 0.1) is 14.9 Å². The van der Waals surface area contributed by atoms with Gasteiger partial charge < -0.3 is 55.5 Å². The predicted molar refractivity (Wildman–Crippen MR) is 312 cm³/mol. The van der Waals surface area contributed by atoms with Crippen LogP contribution in [0.3, 0.4) is 0 Å². The number of rotatable bonds is 15. The Morgan fingerprint density at radius 1 is 0.444 bits per heavy atom. The minimum Gasteiger partial charge on any atom is -0.421 e. The van der Waals surface area contributed by atoms with Gasteiger partial charge in [0.2, 0.25) is 0 Å². The van der Waals surface area contributed by atoms with Crippen LogP contribution in [0.2, 0.25) is 0 Å². The molecule has 0 atom stereocenters. The summed E-state index contributed by atoms with van der Waals surface area (Å²) in [4.78, 5) is 22.2. The molecule has 1 N–H and O–H groups in total. The number of hydrogen-bond donors (Lipinski definition) is 1. The average Bonchev–Trinajstić information content (AvgIpc) is 3.33. The minimum absolute atomic E-state index is 0. The number of aliphatic imine (C=N–C) groups is 3. The Kier molecular flexibility index (Phi) is 34.2. The SMILES string of the molecule is CC(C)N(C(=NC1CCCCC1)[N-]Cc1ccccc1)C(C)C.CC(C)N(C(=NC1CCCCC1)[N-]Cc1ccccc1)C(C)C.CC(C)N(C(=NCc1ccccc1)NC1CCCCC1)C(C)C.[CH3-].[CH3-].[Zr+2]. The van der Waals surface area contributed by atoms with E-state index in [1.54, 1.807) is 0 Å². The molecular formula is C62H103N9Zr-2. The van der Waals surface area contributed by atoms with Crippen molar-refractivity contribution in [1.82, 2.24) is 20.0 Å². The van der Waals surface area contributed by atoms with Gasteiger partial charge in [-0.3, -0.25) is 0 Å². The standard InChI is InChI=1S/C20H33N3.2C20H32N3.2CH3.Zr/c3*1-16(2)23(17(3)4)20(22-19-13-9-6-10-14-19)21-15-18-11-7-5-8-12-18;;;/h5,7-8,11-12,16-17,19H,6,9-10,13-15H2,1-4H3,(H,21,22);2*5,7-8,11-12,16-17,19H,6,9-10,13-15H2,1-4H3;2*1H3;/q;4*-1;+2. The van der Waals surface area contributed by atoms with Crippen LogP contribution in [0.5, 0.6) is 0 Å². The summed E-state index contributed by atoms with van der Waals surface area (Å²) in [5, 5.41) is 13.6. The minimum atomic E-state index is 0. The summed E-state index contributed by atoms with van der Waals surface area (Å²) in [6, 6.07) is 35.5. The van der Waals surface area contributed by atoms with Crippen molar-refractivity contribution in [2.24, 2.45) is 15.0 Å². The first-order valence-electron chi connectivity index (χ1n) is 27.5. The van der Waals surface area contributed by atoms with Gasteiger partial charge in [0.25, 0.3) is 0 Å². The molecule has 3 fully saturated rings. The number of hydrogen-bond acceptors (Lipinski definition) is 3. The third-order valence-corrected chi connectivity index (χ3v) is 13.5. The first-order chi connectivity index (χ1) is 33.2. The Morgan fingerprint density at radius 3 is 1.07 bits per heavy atom. The second kappa shape index (κ2) is 37.1. The van der Waals surface area contributed by atoms with Crippen molar-refractivity contribution in [2.75, 3.05) is 0 Å². The van der Waals surface area contributed by atoms with Gasteiger partial charge in [0, 0.05) is 43.1 Å². The summed E-state index contributed by atoms with van der Waals surface area (Å²) in [5.41, 5.74) is 3.76. The molecule has 0 saturated heterocycles. The van der Waals surface area contributed by atoms with Crippen molar-refractivity contribution in [1.29, 1.82) is 0 Å². The number of nitrogens with zero attached hydrogens (tertiary/aromatic N) is 8. The molecule has 3 aliphatic rings. The molecule has 6 rings (SSSR count). The van der Waals surface area contributed by atoms with E-state index < -0.39 is 0 Å². The Morgan fingerprint density at radius 2 is 0.750 bits per heavy atom. The van der Waals surface area contributed by atoms with Crippen LogP contribution >= 0.6 is 0 Å². The fourth-order valence-electron chi connectivity index (χ4n) is 10.2. The van der Waals surface area contributed by atoms with Crippen molar-refractivity contribution in [3.8, 4) is 0 Å². The van der Waals surface area contributed by atoms with E-state index in [0.29, 0.717) is 67.5 Å². The van der Waals surface area contributed by atoms with Crippen LogP contribution in [0.4, 0.5) is 0 Å². The first-order valence-corrected chi connectivity index (χ1v) is 27.5. The quantitative estimate of drug-likeness (QED) is 0.0933. The third kappa shape index (κ3) is 24.6. The Labute approximate surface area is 462 Å². The van der Waals surface area contributed by atoms with Crippen LogP contribution in [0.1, 0.15) is 196 Å². The molecule has 72 heavy (non-hydrogen) atoms. The van der Waals surface area contributed by atoms with Crippen LogP contribution < -0.4 is 5.32 Å². The van der Waals surface area contributed by atoms with Crippen molar-refractivity contribution in [3.63, 3.8) is 0 Å². The fraction of sp³-hybridized carbons (Fsp3) is 0.629. The molecular weight excluding hydrogens is 962 g/mol. The molecule has 3 saturated carbocycles. The molecule has 3 aromatic rings. The van der Waals surface area contributed by atoms with Crippen molar-refractivity contribution < 1.29 is 26.2 Å². The summed E-state index contributed by atoms with van der Waals surface area (Å²) in [6.45, 7) is 29.0. The van der Waals surface area contributed by atoms with E-state index in [-0.39, 0.29) is 41.1 Å². The largest absolute Gasteiger partial charge is 2.00 e. The molecule has 3 aromatic carbocycles. The van der Waals surface area contributed by atoms with Gasteiger partial charge in [-0.2, -0.15) is 0 Å². The molecule has 10 heteroatoms. The van der Waals surface area contributed by atoms with Gasteiger partial charge in [0.15, 0.2) is 5.96 Å². The zero-order valence-corrected chi connectivity index (χ0v) is 50.6. The van der Waals surface area contributed by atoms with Crippen LogP contribution in [-0.2, 0) is 45.8 Å². The molecule has 0 radical (unpaired) electrons. The summed E-state index contributed by atoms with van der Waals surface area (Å²) >= 11 is 0. The summed E-state index contributed by atoms with van der Waals surface area (Å²) in [6.07, 6.45) is 19.4. The first kappa shape index (κ1) is 66.4. The maximum absolute atomic E-state index is 5.07. The van der Waals surface area contributed by atoms with Gasteiger partial charge in [-0.15, -0.1) is 0 Å². The summed E-state index contributed by atoms with van der Waals surface area (Å²) in [7, 11) is 0. The van der Waals surface area contributed by atoms with Gasteiger partial charge in [-0.25, -0.2) is 4.99 Å². The Bertz CT molecular complexity index is 1750. The zero-order valence-electron chi connectivity index (χ0n) is 48.2. The van der Waals surface area contributed by atoms with E-state index in [0.717, 1.165) is 24.4 Å². The van der Waals surface area contributed by atoms with Crippen molar-refractivity contribution in [2.45, 2.75) is 253 Å². The molecule has 402 valence electrons. The van der Waals surface area contributed by atoms with Crippen LogP contribution in [0.25, 0.3) is 10.6 Å². The van der Waals surface area contributed by atoms with Gasteiger partial charge in [-0.1, -0.05) is 204 Å².